The van der Waals surface area contributed by atoms with E-state index in [1.807, 2.05) is 0 Å². The molecule has 1 spiro atoms. The first-order valence-electron chi connectivity index (χ1n) is 13.0. The highest BCUT2D eigenvalue weighted by Gasteiger charge is 2.60. The first-order valence-corrected chi connectivity index (χ1v) is 13.4. The maximum atomic E-state index is 15.9. The molecule has 3 amide bonds. The van der Waals surface area contributed by atoms with Crippen molar-refractivity contribution in [2.45, 2.75) is 50.2 Å². The summed E-state index contributed by atoms with van der Waals surface area (Å²) in [6.45, 7) is 1.36. The second kappa shape index (κ2) is 10.7. The van der Waals surface area contributed by atoms with Crippen LogP contribution in [0.1, 0.15) is 60.1 Å². The molecule has 5 rings (SSSR count). The first kappa shape index (κ1) is 28.4. The maximum absolute atomic E-state index is 15.9. The van der Waals surface area contributed by atoms with Crippen molar-refractivity contribution in [1.82, 2.24) is 15.2 Å². The number of likely N-dealkylation sites (tertiary alicyclic amines) is 1. The van der Waals surface area contributed by atoms with Crippen molar-refractivity contribution in [2.75, 3.05) is 29.4 Å². The number of carbonyl (C=O) groups is 3. The number of alkyl halides is 3. The lowest BCUT2D eigenvalue weighted by atomic mass is 9.75. The first-order chi connectivity index (χ1) is 19.5. The van der Waals surface area contributed by atoms with E-state index in [0.29, 0.717) is 38.4 Å². The number of anilines is 2. The van der Waals surface area contributed by atoms with Crippen molar-refractivity contribution in [3.8, 4) is 6.07 Å². The summed E-state index contributed by atoms with van der Waals surface area (Å²) in [5.41, 5.74) is -4.26. The molecule has 9 nitrogen and oxygen atoms in total. The van der Waals surface area contributed by atoms with Gasteiger partial charge in [-0.1, -0.05) is 6.07 Å². The largest absolute Gasteiger partial charge is 0.419 e. The minimum absolute atomic E-state index is 0.0663. The standard InChI is InChI=1S/C27H24F4N6O3S/c28-22-17(23(39)33-10-4-12-35-11-2-7-21(35)38)5-1-6-20(22)37-25(41)36(24(40)26(37)8-3-9-26)16-13-18(27(29,30)31)19(14-32)34-15-16/h1,5-6,13,15H,2-4,7-12H2,(H,33,39). The summed E-state index contributed by atoms with van der Waals surface area (Å²) in [4.78, 5) is 45.7. The smallest absolute Gasteiger partial charge is 0.352 e. The monoisotopic (exact) mass is 588 g/mol. The molecule has 1 aliphatic carbocycles. The number of rotatable bonds is 7. The summed E-state index contributed by atoms with van der Waals surface area (Å²) < 4.78 is 56.7. The lowest BCUT2D eigenvalue weighted by molar-refractivity contribution is -0.138. The van der Waals surface area contributed by atoms with Crippen LogP contribution in [0.4, 0.5) is 28.9 Å². The molecule has 0 atom stereocenters. The SMILES string of the molecule is N#Cc1ncc(N2C(=O)C3(CCC3)N(c3cccc(C(=O)NCCCN4CCCC4=O)c3F)C2=S)cc1C(F)(F)F. The van der Waals surface area contributed by atoms with Crippen LogP contribution < -0.4 is 15.1 Å². The molecule has 2 aliphatic heterocycles. The number of nitrogens with zero attached hydrogens (tertiary/aromatic N) is 5. The van der Waals surface area contributed by atoms with E-state index in [9.17, 15) is 27.6 Å². The predicted molar refractivity (Wildman–Crippen MR) is 142 cm³/mol. The lowest BCUT2D eigenvalue weighted by Gasteiger charge is -2.43. The Morgan fingerprint density at radius 2 is 1.98 bits per heavy atom. The molecule has 2 aromatic rings. The van der Waals surface area contributed by atoms with Gasteiger partial charge in [0.2, 0.25) is 5.91 Å². The van der Waals surface area contributed by atoms with Gasteiger partial charge < -0.3 is 15.1 Å². The molecule has 0 unspecified atom stereocenters. The molecule has 3 heterocycles. The van der Waals surface area contributed by atoms with E-state index in [1.165, 1.54) is 29.2 Å². The molecule has 1 aromatic carbocycles. The quantitative estimate of drug-likeness (QED) is 0.297. The van der Waals surface area contributed by atoms with Crippen LogP contribution in [0.5, 0.6) is 0 Å². The van der Waals surface area contributed by atoms with Crippen molar-refractivity contribution < 1.29 is 31.9 Å². The Hall–Kier alpha value is -4.12. The van der Waals surface area contributed by atoms with E-state index in [-0.39, 0.29) is 47.3 Å². The average Bonchev–Trinajstić information content (AvgIpc) is 3.42. The van der Waals surface area contributed by atoms with Crippen LogP contribution in [-0.4, -0.2) is 57.9 Å². The lowest BCUT2D eigenvalue weighted by Crippen LogP contribution is -2.55. The zero-order valence-corrected chi connectivity index (χ0v) is 22.4. The second-order valence-corrected chi connectivity index (χ2v) is 10.4. The van der Waals surface area contributed by atoms with Gasteiger partial charge in [0.25, 0.3) is 11.8 Å². The third-order valence-corrected chi connectivity index (χ3v) is 8.03. The van der Waals surface area contributed by atoms with Crippen molar-refractivity contribution >= 4 is 46.4 Å². The van der Waals surface area contributed by atoms with Gasteiger partial charge in [0, 0.05) is 26.1 Å². The molecule has 0 bridgehead atoms. The number of nitriles is 1. The van der Waals surface area contributed by atoms with E-state index in [2.05, 4.69) is 10.3 Å². The molecule has 3 fully saturated rings. The Kier molecular flexibility index (Phi) is 7.41. The number of benzene rings is 1. The Bertz CT molecular complexity index is 1490. The normalized spacial score (nSPS) is 18.2. The number of hydrogen-bond acceptors (Lipinski definition) is 6. The third kappa shape index (κ3) is 4.88. The number of amides is 3. The number of hydrogen-bond donors (Lipinski definition) is 1. The van der Waals surface area contributed by atoms with E-state index >= 15 is 4.39 Å². The summed E-state index contributed by atoms with van der Waals surface area (Å²) in [5.74, 6) is -2.20. The van der Waals surface area contributed by atoms with Gasteiger partial charge in [0.05, 0.1) is 28.7 Å². The molecule has 41 heavy (non-hydrogen) atoms. The fraction of sp³-hybridized carbons (Fsp3) is 0.407. The molecule has 1 N–H and O–H groups in total. The van der Waals surface area contributed by atoms with E-state index in [4.69, 9.17) is 17.5 Å². The number of pyridine rings is 1. The third-order valence-electron chi connectivity index (χ3n) is 7.66. The number of aromatic nitrogens is 1. The van der Waals surface area contributed by atoms with Crippen molar-refractivity contribution in [2.24, 2.45) is 0 Å². The molecule has 214 valence electrons. The molecule has 2 saturated heterocycles. The minimum atomic E-state index is -4.91. The Labute approximate surface area is 237 Å². The van der Waals surface area contributed by atoms with Crippen molar-refractivity contribution in [3.05, 3.63) is 53.1 Å². The van der Waals surface area contributed by atoms with Gasteiger partial charge in [-0.3, -0.25) is 19.3 Å². The van der Waals surface area contributed by atoms with E-state index < -0.39 is 40.6 Å². The highest BCUT2D eigenvalue weighted by molar-refractivity contribution is 7.81. The Morgan fingerprint density at radius 1 is 1.22 bits per heavy atom. The molecule has 14 heteroatoms. The van der Waals surface area contributed by atoms with Crippen LogP contribution in [0.3, 0.4) is 0 Å². The van der Waals surface area contributed by atoms with Gasteiger partial charge in [-0.2, -0.15) is 18.4 Å². The Morgan fingerprint density at radius 3 is 2.59 bits per heavy atom. The van der Waals surface area contributed by atoms with Crippen molar-refractivity contribution in [1.29, 1.82) is 5.26 Å². The van der Waals surface area contributed by atoms with Gasteiger partial charge in [0.15, 0.2) is 16.6 Å². The summed E-state index contributed by atoms with van der Waals surface area (Å²) in [6.07, 6.45) is -1.04. The summed E-state index contributed by atoms with van der Waals surface area (Å²) >= 11 is 5.52. The minimum Gasteiger partial charge on any atom is -0.352 e. The van der Waals surface area contributed by atoms with Crippen LogP contribution in [0.25, 0.3) is 0 Å². The Balaban J connectivity index is 1.41. The molecular formula is C27H24F4N6O3S. The number of thiocarbonyl (C=S) groups is 1. The van der Waals surface area contributed by atoms with Gasteiger partial charge in [-0.05, 0) is 62.5 Å². The average molecular weight is 589 g/mol. The molecule has 3 aliphatic rings. The molecule has 0 radical (unpaired) electrons. The highest BCUT2D eigenvalue weighted by atomic mass is 32.1. The van der Waals surface area contributed by atoms with Crippen LogP contribution >= 0.6 is 12.2 Å². The van der Waals surface area contributed by atoms with Gasteiger partial charge in [-0.25, -0.2) is 9.37 Å². The zero-order chi connectivity index (χ0) is 29.5. The second-order valence-electron chi connectivity index (χ2n) is 10.1. The fourth-order valence-electron chi connectivity index (χ4n) is 5.44. The summed E-state index contributed by atoms with van der Waals surface area (Å²) in [5, 5.41) is 11.5. The number of halogens is 4. The summed E-state index contributed by atoms with van der Waals surface area (Å²) in [7, 11) is 0. The molecular weight excluding hydrogens is 564 g/mol. The topological polar surface area (TPSA) is 110 Å². The van der Waals surface area contributed by atoms with Crippen LogP contribution in [0.15, 0.2) is 30.5 Å². The highest BCUT2D eigenvalue weighted by Crippen LogP contribution is 2.49. The van der Waals surface area contributed by atoms with Crippen molar-refractivity contribution in [3.63, 3.8) is 0 Å². The zero-order valence-electron chi connectivity index (χ0n) is 21.6. The van der Waals surface area contributed by atoms with Crippen LogP contribution in [0, 0.1) is 17.1 Å². The maximum Gasteiger partial charge on any atom is 0.419 e. The number of carbonyl (C=O) groups excluding carboxylic acids is 3. The van der Waals surface area contributed by atoms with Crippen LogP contribution in [0.2, 0.25) is 0 Å². The summed E-state index contributed by atoms with van der Waals surface area (Å²) in [6, 6.07) is 6.09. The fourth-order valence-corrected chi connectivity index (χ4v) is 5.90. The van der Waals surface area contributed by atoms with Gasteiger partial charge >= 0.3 is 6.18 Å². The van der Waals surface area contributed by atoms with E-state index in [0.717, 1.165) is 17.5 Å². The predicted octanol–water partition coefficient (Wildman–Crippen LogP) is 3.91. The molecule has 1 saturated carbocycles. The molecule has 1 aromatic heterocycles. The van der Waals surface area contributed by atoms with Gasteiger partial charge in [0.1, 0.15) is 11.6 Å². The van der Waals surface area contributed by atoms with E-state index in [1.54, 1.807) is 4.90 Å². The number of nitrogens with one attached hydrogen (secondary N) is 1. The van der Waals surface area contributed by atoms with Gasteiger partial charge in [-0.15, -0.1) is 0 Å². The van der Waals surface area contributed by atoms with Crippen LogP contribution in [-0.2, 0) is 15.8 Å².